The maximum absolute atomic E-state index is 9.58. The zero-order valence-electron chi connectivity index (χ0n) is 22.3. The van der Waals surface area contributed by atoms with Gasteiger partial charge in [-0.3, -0.25) is 0 Å². The zero-order chi connectivity index (χ0) is 29.9. The Labute approximate surface area is 240 Å². The topological polar surface area (TPSA) is 177 Å². The lowest BCUT2D eigenvalue weighted by atomic mass is 10.3. The molecule has 0 atom stereocenters. The number of phenols is 6. The van der Waals surface area contributed by atoms with Gasteiger partial charge in [-0.15, -0.1) is 0 Å². The van der Waals surface area contributed by atoms with Gasteiger partial charge in [0.05, 0.1) is 0 Å². The van der Waals surface area contributed by atoms with E-state index < -0.39 is 0 Å². The SMILES string of the molecule is Oc1cc(O)cc(OCCOc2cc(OCCOc3cc(O)cc(O)c3)cc(OCCOc3cc(O)cc(O)c3)c2)c1. The molecule has 0 radical (unpaired) electrons. The third-order valence-corrected chi connectivity index (χ3v) is 5.34. The number of hydrogen-bond acceptors (Lipinski definition) is 12. The molecule has 4 aromatic rings. The van der Waals surface area contributed by atoms with Crippen LogP contribution in [0.25, 0.3) is 0 Å². The summed E-state index contributed by atoms with van der Waals surface area (Å²) in [6, 6.07) is 16.6. The van der Waals surface area contributed by atoms with Crippen LogP contribution in [0, 0.1) is 0 Å². The largest absolute Gasteiger partial charge is 0.508 e. The summed E-state index contributed by atoms with van der Waals surface area (Å²) in [6.45, 7) is 0.687. The first-order valence-corrected chi connectivity index (χ1v) is 12.7. The molecule has 42 heavy (non-hydrogen) atoms. The van der Waals surface area contributed by atoms with Gasteiger partial charge in [-0.25, -0.2) is 0 Å². The molecule has 0 bridgehead atoms. The highest BCUT2D eigenvalue weighted by Gasteiger charge is 2.08. The summed E-state index contributed by atoms with van der Waals surface area (Å²) in [6.07, 6.45) is 0. The standard InChI is InChI=1S/C30H30O12/c31-19-7-20(32)11-25(10-19)37-1-4-40-28-16-29(41-5-2-38-26-12-21(33)8-22(34)13-26)18-30(17-28)42-6-3-39-27-14-23(35)9-24(36)15-27/h7-18,31-36H,1-6H2. The van der Waals surface area contributed by atoms with Crippen molar-refractivity contribution in [2.45, 2.75) is 0 Å². The summed E-state index contributed by atoms with van der Waals surface area (Å²) < 4.78 is 33.9. The molecule has 0 saturated carbocycles. The molecular weight excluding hydrogens is 552 g/mol. The van der Waals surface area contributed by atoms with Crippen LogP contribution in [0.5, 0.6) is 69.0 Å². The molecule has 0 saturated heterocycles. The molecule has 4 rings (SSSR count). The Hall–Kier alpha value is -5.52. The van der Waals surface area contributed by atoms with Crippen molar-refractivity contribution in [3.8, 4) is 69.0 Å². The summed E-state index contributed by atoms with van der Waals surface area (Å²) >= 11 is 0. The number of rotatable bonds is 15. The number of aromatic hydroxyl groups is 6. The van der Waals surface area contributed by atoms with Gasteiger partial charge in [-0.1, -0.05) is 0 Å². The number of benzene rings is 4. The highest BCUT2D eigenvalue weighted by atomic mass is 16.5. The first-order chi connectivity index (χ1) is 20.2. The van der Waals surface area contributed by atoms with Crippen molar-refractivity contribution in [2.75, 3.05) is 39.6 Å². The van der Waals surface area contributed by atoms with Gasteiger partial charge in [-0.2, -0.15) is 0 Å². The van der Waals surface area contributed by atoms with E-state index in [4.69, 9.17) is 28.4 Å². The van der Waals surface area contributed by atoms with Crippen LogP contribution in [0.3, 0.4) is 0 Å². The van der Waals surface area contributed by atoms with Crippen LogP contribution in [0.4, 0.5) is 0 Å². The molecule has 0 heterocycles. The number of hydrogen-bond donors (Lipinski definition) is 6. The van der Waals surface area contributed by atoms with Crippen molar-refractivity contribution in [1.29, 1.82) is 0 Å². The third kappa shape index (κ3) is 9.59. The Balaban J connectivity index is 1.33. The summed E-state index contributed by atoms with van der Waals surface area (Å²) in [5, 5.41) is 57.5. The molecule has 0 fully saturated rings. The molecular formula is C30H30O12. The quantitative estimate of drug-likeness (QED) is 0.110. The number of ether oxygens (including phenoxy) is 6. The first kappa shape index (κ1) is 29.5. The van der Waals surface area contributed by atoms with Crippen molar-refractivity contribution in [2.24, 2.45) is 0 Å². The molecule has 6 N–H and O–H groups in total. The van der Waals surface area contributed by atoms with Gasteiger partial charge >= 0.3 is 0 Å². The van der Waals surface area contributed by atoms with Crippen LogP contribution in [-0.4, -0.2) is 70.3 Å². The van der Waals surface area contributed by atoms with Gasteiger partial charge in [0.15, 0.2) is 0 Å². The van der Waals surface area contributed by atoms with E-state index in [1.54, 1.807) is 18.2 Å². The lowest BCUT2D eigenvalue weighted by molar-refractivity contribution is 0.201. The summed E-state index contributed by atoms with van der Waals surface area (Å²) in [7, 11) is 0. The maximum atomic E-state index is 9.58. The molecule has 222 valence electrons. The van der Waals surface area contributed by atoms with Gasteiger partial charge in [0.1, 0.15) is 109 Å². The van der Waals surface area contributed by atoms with Crippen molar-refractivity contribution in [3.05, 3.63) is 72.8 Å². The maximum Gasteiger partial charge on any atom is 0.126 e. The Kier molecular flexibility index (Phi) is 9.97. The van der Waals surface area contributed by atoms with E-state index in [9.17, 15) is 30.6 Å². The van der Waals surface area contributed by atoms with E-state index >= 15 is 0 Å². The van der Waals surface area contributed by atoms with Gasteiger partial charge in [0.2, 0.25) is 0 Å². The smallest absolute Gasteiger partial charge is 0.126 e. The lowest BCUT2D eigenvalue weighted by Crippen LogP contribution is -2.12. The molecule has 0 aliphatic rings. The van der Waals surface area contributed by atoms with Crippen LogP contribution in [0.2, 0.25) is 0 Å². The van der Waals surface area contributed by atoms with Crippen LogP contribution in [-0.2, 0) is 0 Å². The van der Waals surface area contributed by atoms with Crippen molar-refractivity contribution >= 4 is 0 Å². The van der Waals surface area contributed by atoms with E-state index in [-0.39, 0.29) is 91.4 Å². The highest BCUT2D eigenvalue weighted by molar-refractivity contribution is 5.43. The molecule has 0 aliphatic heterocycles. The number of phenolic OH excluding ortho intramolecular Hbond substituents is 6. The average Bonchev–Trinajstić information content (AvgIpc) is 2.90. The lowest BCUT2D eigenvalue weighted by Gasteiger charge is -2.14. The predicted octanol–water partition coefficient (Wildman–Crippen LogP) is 4.29. The van der Waals surface area contributed by atoms with E-state index in [0.717, 1.165) is 0 Å². The van der Waals surface area contributed by atoms with Gasteiger partial charge in [0, 0.05) is 72.8 Å². The fraction of sp³-hybridized carbons (Fsp3) is 0.200. The van der Waals surface area contributed by atoms with Crippen LogP contribution in [0.1, 0.15) is 0 Å². The second-order valence-corrected chi connectivity index (χ2v) is 8.79. The van der Waals surface area contributed by atoms with Crippen LogP contribution >= 0.6 is 0 Å². The van der Waals surface area contributed by atoms with Crippen molar-refractivity contribution < 1.29 is 59.1 Å². The second kappa shape index (κ2) is 14.2. The molecule has 0 amide bonds. The summed E-state index contributed by atoms with van der Waals surface area (Å²) in [4.78, 5) is 0. The van der Waals surface area contributed by atoms with Crippen molar-refractivity contribution in [1.82, 2.24) is 0 Å². The summed E-state index contributed by atoms with van der Waals surface area (Å²) in [5.41, 5.74) is 0. The van der Waals surface area contributed by atoms with E-state index in [0.29, 0.717) is 17.2 Å². The minimum atomic E-state index is -0.132. The van der Waals surface area contributed by atoms with E-state index in [1.807, 2.05) is 0 Å². The Morgan fingerprint density at radius 3 is 0.619 bits per heavy atom. The zero-order valence-corrected chi connectivity index (χ0v) is 22.3. The molecule has 0 aliphatic carbocycles. The molecule has 4 aromatic carbocycles. The van der Waals surface area contributed by atoms with Gasteiger partial charge in [-0.05, 0) is 0 Å². The molecule has 0 unspecified atom stereocenters. The fourth-order valence-corrected chi connectivity index (χ4v) is 3.71. The minimum absolute atomic E-state index is 0.110. The first-order valence-electron chi connectivity index (χ1n) is 12.7. The monoisotopic (exact) mass is 582 g/mol. The van der Waals surface area contributed by atoms with Crippen molar-refractivity contribution in [3.63, 3.8) is 0 Å². The normalized spacial score (nSPS) is 10.6. The fourth-order valence-electron chi connectivity index (χ4n) is 3.71. The highest BCUT2D eigenvalue weighted by Crippen LogP contribution is 2.30. The van der Waals surface area contributed by atoms with Gasteiger partial charge < -0.3 is 59.1 Å². The van der Waals surface area contributed by atoms with Gasteiger partial charge in [0.25, 0.3) is 0 Å². The Morgan fingerprint density at radius 1 is 0.262 bits per heavy atom. The Morgan fingerprint density at radius 2 is 0.429 bits per heavy atom. The van der Waals surface area contributed by atoms with Crippen LogP contribution < -0.4 is 28.4 Å². The second-order valence-electron chi connectivity index (χ2n) is 8.79. The molecule has 0 aromatic heterocycles. The van der Waals surface area contributed by atoms with E-state index in [1.165, 1.54) is 54.6 Å². The molecule has 12 heteroatoms. The third-order valence-electron chi connectivity index (χ3n) is 5.34. The molecule has 0 spiro atoms. The predicted molar refractivity (Wildman–Crippen MR) is 149 cm³/mol. The van der Waals surface area contributed by atoms with E-state index in [2.05, 4.69) is 0 Å². The Bertz CT molecular complexity index is 1230. The average molecular weight is 583 g/mol. The summed E-state index contributed by atoms with van der Waals surface area (Å²) in [5.74, 6) is 1.25. The molecule has 12 nitrogen and oxygen atoms in total. The van der Waals surface area contributed by atoms with Crippen LogP contribution in [0.15, 0.2) is 72.8 Å². The minimum Gasteiger partial charge on any atom is -0.508 e.